The average molecular weight is 295 g/mol. The van der Waals surface area contributed by atoms with E-state index in [1.54, 1.807) is 32.2 Å². The lowest BCUT2D eigenvalue weighted by Crippen LogP contribution is -2.02. The molecule has 0 saturated carbocycles. The molecular formula is C13H11BrO3. The van der Waals surface area contributed by atoms with Crippen molar-refractivity contribution in [3.8, 4) is 5.75 Å². The summed E-state index contributed by atoms with van der Waals surface area (Å²) in [4.78, 5) is 12.2. The molecule has 0 aliphatic carbocycles. The highest BCUT2D eigenvalue weighted by molar-refractivity contribution is 9.10. The molecule has 3 nitrogen and oxygen atoms in total. The molecule has 0 N–H and O–H groups in total. The molecule has 0 bridgehead atoms. The third-order valence-electron chi connectivity index (χ3n) is 2.40. The first-order valence-corrected chi connectivity index (χ1v) is 5.84. The molecule has 0 atom stereocenters. The van der Waals surface area contributed by atoms with Gasteiger partial charge in [-0.3, -0.25) is 4.79 Å². The Balaban J connectivity index is 2.46. The number of benzene rings is 1. The van der Waals surface area contributed by atoms with Gasteiger partial charge < -0.3 is 9.15 Å². The van der Waals surface area contributed by atoms with E-state index in [0.29, 0.717) is 22.6 Å². The number of ether oxygens (including phenoxy) is 1. The van der Waals surface area contributed by atoms with E-state index in [9.17, 15) is 4.79 Å². The second-order valence-electron chi connectivity index (χ2n) is 3.62. The normalized spacial score (nSPS) is 10.3. The van der Waals surface area contributed by atoms with Gasteiger partial charge in [-0.15, -0.1) is 0 Å². The van der Waals surface area contributed by atoms with Crippen molar-refractivity contribution in [2.45, 2.75) is 6.92 Å². The number of carbonyl (C=O) groups excluding carboxylic acids is 1. The minimum atomic E-state index is -0.111. The zero-order chi connectivity index (χ0) is 12.4. The van der Waals surface area contributed by atoms with Gasteiger partial charge in [0.25, 0.3) is 0 Å². The minimum Gasteiger partial charge on any atom is -0.496 e. The summed E-state index contributed by atoms with van der Waals surface area (Å²) in [6.45, 7) is 1.80. The van der Waals surface area contributed by atoms with Crippen molar-refractivity contribution in [2.75, 3.05) is 7.11 Å². The topological polar surface area (TPSA) is 39.4 Å². The zero-order valence-corrected chi connectivity index (χ0v) is 11.1. The number of carbonyl (C=O) groups is 1. The molecule has 1 aromatic carbocycles. The Morgan fingerprint density at radius 3 is 2.71 bits per heavy atom. The molecule has 0 amide bonds. The van der Waals surface area contributed by atoms with Gasteiger partial charge in [0.15, 0.2) is 5.78 Å². The molecule has 1 aromatic heterocycles. The maximum absolute atomic E-state index is 12.2. The van der Waals surface area contributed by atoms with Gasteiger partial charge in [0.2, 0.25) is 0 Å². The molecule has 0 aliphatic heterocycles. The van der Waals surface area contributed by atoms with Crippen LogP contribution in [-0.4, -0.2) is 12.9 Å². The first-order chi connectivity index (χ1) is 8.11. The van der Waals surface area contributed by atoms with Crippen LogP contribution in [-0.2, 0) is 0 Å². The third-order valence-corrected chi connectivity index (χ3v) is 2.89. The van der Waals surface area contributed by atoms with E-state index in [1.165, 1.54) is 6.26 Å². The standard InChI is InChI=1S/C13H11BrO3/c1-8-5-9(7-17-8)13(15)11-6-10(14)3-4-12(11)16-2/h3-7H,1-2H3. The van der Waals surface area contributed by atoms with Crippen LogP contribution in [0.25, 0.3) is 0 Å². The SMILES string of the molecule is COc1ccc(Br)cc1C(=O)c1coc(C)c1. The molecule has 0 radical (unpaired) electrons. The number of halogens is 1. The van der Waals surface area contributed by atoms with Gasteiger partial charge in [-0.2, -0.15) is 0 Å². The summed E-state index contributed by atoms with van der Waals surface area (Å²) in [6, 6.07) is 7.03. The quantitative estimate of drug-likeness (QED) is 0.812. The number of furan rings is 1. The Kier molecular flexibility index (Phi) is 3.33. The number of hydrogen-bond donors (Lipinski definition) is 0. The van der Waals surface area contributed by atoms with Crippen LogP contribution in [0.5, 0.6) is 5.75 Å². The number of hydrogen-bond acceptors (Lipinski definition) is 3. The summed E-state index contributed by atoms with van der Waals surface area (Å²) in [5.41, 5.74) is 1.04. The summed E-state index contributed by atoms with van der Waals surface area (Å²) in [5.74, 6) is 1.15. The van der Waals surface area contributed by atoms with Crippen molar-refractivity contribution in [3.05, 3.63) is 51.9 Å². The lowest BCUT2D eigenvalue weighted by molar-refractivity contribution is 0.103. The van der Waals surface area contributed by atoms with Crippen molar-refractivity contribution in [3.63, 3.8) is 0 Å². The van der Waals surface area contributed by atoms with E-state index in [-0.39, 0.29) is 5.78 Å². The number of methoxy groups -OCH3 is 1. The van der Waals surface area contributed by atoms with Gasteiger partial charge in [0.05, 0.1) is 18.2 Å². The van der Waals surface area contributed by atoms with Crippen molar-refractivity contribution in [1.82, 2.24) is 0 Å². The predicted molar refractivity (Wildman–Crippen MR) is 67.6 cm³/mol. The molecule has 17 heavy (non-hydrogen) atoms. The van der Waals surface area contributed by atoms with E-state index in [1.807, 2.05) is 6.07 Å². The highest BCUT2D eigenvalue weighted by atomic mass is 79.9. The van der Waals surface area contributed by atoms with Gasteiger partial charge in [-0.05, 0) is 31.2 Å². The van der Waals surface area contributed by atoms with Crippen molar-refractivity contribution in [1.29, 1.82) is 0 Å². The van der Waals surface area contributed by atoms with Gasteiger partial charge in [-0.1, -0.05) is 15.9 Å². The highest BCUT2D eigenvalue weighted by Crippen LogP contribution is 2.26. The van der Waals surface area contributed by atoms with E-state index in [2.05, 4.69) is 15.9 Å². The predicted octanol–water partition coefficient (Wildman–Crippen LogP) is 3.59. The molecule has 0 unspecified atom stereocenters. The molecular weight excluding hydrogens is 284 g/mol. The van der Waals surface area contributed by atoms with Gasteiger partial charge in [-0.25, -0.2) is 0 Å². The second-order valence-corrected chi connectivity index (χ2v) is 4.54. The lowest BCUT2D eigenvalue weighted by atomic mass is 10.0. The maximum Gasteiger partial charge on any atom is 0.200 e. The Labute approximate surface area is 108 Å². The lowest BCUT2D eigenvalue weighted by Gasteiger charge is -2.06. The number of ketones is 1. The molecule has 2 rings (SSSR count). The van der Waals surface area contributed by atoms with Crippen LogP contribution in [0.4, 0.5) is 0 Å². The van der Waals surface area contributed by atoms with Crippen LogP contribution < -0.4 is 4.74 Å². The Hall–Kier alpha value is -1.55. The summed E-state index contributed by atoms with van der Waals surface area (Å²) in [6.07, 6.45) is 1.46. The molecule has 0 saturated heterocycles. The smallest absolute Gasteiger partial charge is 0.200 e. The summed E-state index contributed by atoms with van der Waals surface area (Å²) < 4.78 is 11.2. The highest BCUT2D eigenvalue weighted by Gasteiger charge is 2.16. The summed E-state index contributed by atoms with van der Waals surface area (Å²) in [7, 11) is 1.54. The Morgan fingerprint density at radius 1 is 1.35 bits per heavy atom. The van der Waals surface area contributed by atoms with E-state index in [4.69, 9.17) is 9.15 Å². The van der Waals surface area contributed by atoms with E-state index in [0.717, 1.165) is 4.47 Å². The minimum absolute atomic E-state index is 0.111. The fourth-order valence-electron chi connectivity index (χ4n) is 1.58. The maximum atomic E-state index is 12.2. The third kappa shape index (κ3) is 2.42. The van der Waals surface area contributed by atoms with Crippen LogP contribution in [0, 0.1) is 6.92 Å². The molecule has 0 aliphatic rings. The number of aryl methyl sites for hydroxylation is 1. The van der Waals surface area contributed by atoms with Crippen molar-refractivity contribution < 1.29 is 13.9 Å². The largest absolute Gasteiger partial charge is 0.496 e. The van der Waals surface area contributed by atoms with Crippen molar-refractivity contribution in [2.24, 2.45) is 0 Å². The fourth-order valence-corrected chi connectivity index (χ4v) is 1.94. The summed E-state index contributed by atoms with van der Waals surface area (Å²) in [5, 5.41) is 0. The van der Waals surface area contributed by atoms with Crippen LogP contribution in [0.15, 0.2) is 39.4 Å². The molecule has 0 spiro atoms. The monoisotopic (exact) mass is 294 g/mol. The summed E-state index contributed by atoms with van der Waals surface area (Å²) >= 11 is 3.34. The van der Waals surface area contributed by atoms with Crippen LogP contribution in [0.2, 0.25) is 0 Å². The first-order valence-electron chi connectivity index (χ1n) is 5.05. The van der Waals surface area contributed by atoms with Gasteiger partial charge in [0, 0.05) is 4.47 Å². The molecule has 2 aromatic rings. The van der Waals surface area contributed by atoms with Crippen molar-refractivity contribution >= 4 is 21.7 Å². The van der Waals surface area contributed by atoms with Gasteiger partial charge >= 0.3 is 0 Å². The molecule has 0 fully saturated rings. The average Bonchev–Trinajstić information content (AvgIpc) is 2.75. The van der Waals surface area contributed by atoms with Crippen LogP contribution in [0.3, 0.4) is 0 Å². The first kappa shape index (κ1) is 11.9. The molecule has 1 heterocycles. The fraction of sp³-hybridized carbons (Fsp3) is 0.154. The Bertz CT molecular complexity index is 558. The second kappa shape index (κ2) is 4.75. The van der Waals surface area contributed by atoms with Gasteiger partial charge in [0.1, 0.15) is 17.8 Å². The molecule has 88 valence electrons. The Morgan fingerprint density at radius 2 is 2.12 bits per heavy atom. The van der Waals surface area contributed by atoms with Crippen LogP contribution >= 0.6 is 15.9 Å². The van der Waals surface area contributed by atoms with Crippen LogP contribution in [0.1, 0.15) is 21.7 Å². The number of rotatable bonds is 3. The molecule has 4 heteroatoms. The van der Waals surface area contributed by atoms with E-state index >= 15 is 0 Å². The van der Waals surface area contributed by atoms with E-state index < -0.39 is 0 Å². The zero-order valence-electron chi connectivity index (χ0n) is 9.49.